The highest BCUT2D eigenvalue weighted by Crippen LogP contribution is 2.25. The summed E-state index contributed by atoms with van der Waals surface area (Å²) in [5.74, 6) is 0.524. The Morgan fingerprint density at radius 3 is 2.80 bits per heavy atom. The van der Waals surface area contributed by atoms with Gasteiger partial charge in [-0.3, -0.25) is 4.68 Å². The molecular weight excluding hydrogens is 214 g/mol. The molecule has 0 aromatic carbocycles. The number of hydrogen-bond donors (Lipinski definition) is 1. The van der Waals surface area contributed by atoms with Gasteiger partial charge in [-0.05, 0) is 18.8 Å². The third kappa shape index (κ3) is 2.38. The van der Waals surface area contributed by atoms with Gasteiger partial charge in [0.15, 0.2) is 0 Å². The maximum Gasteiger partial charge on any atom is 0.243 e. The quantitative estimate of drug-likeness (QED) is 0.817. The fourth-order valence-corrected chi connectivity index (χ4v) is 2.64. The smallest absolute Gasteiger partial charge is 0.243 e. The highest BCUT2D eigenvalue weighted by molar-refractivity contribution is 7.89. The van der Waals surface area contributed by atoms with E-state index < -0.39 is 10.0 Å². The molecule has 6 heteroatoms. The Morgan fingerprint density at radius 1 is 1.60 bits per heavy atom. The van der Waals surface area contributed by atoms with Crippen LogP contribution in [0.1, 0.15) is 19.3 Å². The van der Waals surface area contributed by atoms with E-state index in [1.54, 1.807) is 7.05 Å². The lowest BCUT2D eigenvalue weighted by molar-refractivity contribution is 0.316. The van der Waals surface area contributed by atoms with Crippen LogP contribution < -0.4 is 4.72 Å². The van der Waals surface area contributed by atoms with Gasteiger partial charge in [0.05, 0.1) is 6.20 Å². The number of rotatable bonds is 4. The number of hydrogen-bond acceptors (Lipinski definition) is 3. The van der Waals surface area contributed by atoms with Crippen LogP contribution >= 0.6 is 0 Å². The third-order valence-electron chi connectivity index (χ3n) is 2.78. The van der Waals surface area contributed by atoms with Crippen LogP contribution in [0.25, 0.3) is 0 Å². The van der Waals surface area contributed by atoms with E-state index in [1.807, 2.05) is 0 Å². The van der Waals surface area contributed by atoms with Gasteiger partial charge in [0.2, 0.25) is 10.0 Å². The van der Waals surface area contributed by atoms with Gasteiger partial charge in [-0.2, -0.15) is 5.10 Å². The van der Waals surface area contributed by atoms with Crippen molar-refractivity contribution in [1.82, 2.24) is 14.5 Å². The third-order valence-corrected chi connectivity index (χ3v) is 4.16. The molecule has 84 valence electrons. The highest BCUT2D eigenvalue weighted by atomic mass is 32.2. The Kier molecular flexibility index (Phi) is 2.79. The minimum Gasteiger partial charge on any atom is -0.274 e. The molecule has 1 fully saturated rings. The average molecular weight is 229 g/mol. The second-order valence-corrected chi connectivity index (χ2v) is 5.77. The summed E-state index contributed by atoms with van der Waals surface area (Å²) in [6.07, 6.45) is 6.36. The van der Waals surface area contributed by atoms with Gasteiger partial charge >= 0.3 is 0 Å². The Labute approximate surface area is 89.5 Å². The molecule has 0 bridgehead atoms. The van der Waals surface area contributed by atoms with Crippen LogP contribution in [0.15, 0.2) is 17.3 Å². The molecule has 2 rings (SSSR count). The van der Waals surface area contributed by atoms with Gasteiger partial charge in [-0.15, -0.1) is 0 Å². The molecule has 0 aliphatic heterocycles. The predicted octanol–water partition coefficient (Wildman–Crippen LogP) is 0.498. The van der Waals surface area contributed by atoms with Gasteiger partial charge in [0, 0.05) is 19.8 Å². The number of aromatic nitrogens is 2. The molecule has 0 amide bonds. The van der Waals surface area contributed by atoms with Gasteiger partial charge < -0.3 is 0 Å². The van der Waals surface area contributed by atoms with Crippen molar-refractivity contribution in [3.05, 3.63) is 12.4 Å². The Balaban J connectivity index is 1.99. The van der Waals surface area contributed by atoms with E-state index >= 15 is 0 Å². The van der Waals surface area contributed by atoms with Crippen molar-refractivity contribution in [2.45, 2.75) is 24.2 Å². The van der Waals surface area contributed by atoms with E-state index in [0.29, 0.717) is 12.5 Å². The minimum absolute atomic E-state index is 0.240. The SMILES string of the molecule is Cn1cc(S(=O)(=O)NCC2CCC2)cn1. The van der Waals surface area contributed by atoms with Gasteiger partial charge in [-0.1, -0.05) is 6.42 Å². The lowest BCUT2D eigenvalue weighted by Gasteiger charge is -2.25. The Morgan fingerprint density at radius 2 is 2.33 bits per heavy atom. The molecule has 1 aliphatic carbocycles. The molecule has 1 N–H and O–H groups in total. The first kappa shape index (κ1) is 10.6. The minimum atomic E-state index is -3.34. The average Bonchev–Trinajstić information content (AvgIpc) is 2.49. The highest BCUT2D eigenvalue weighted by Gasteiger charge is 2.21. The second kappa shape index (κ2) is 3.94. The van der Waals surface area contributed by atoms with Gasteiger partial charge in [0.25, 0.3) is 0 Å². The van der Waals surface area contributed by atoms with E-state index in [0.717, 1.165) is 12.8 Å². The second-order valence-electron chi connectivity index (χ2n) is 4.00. The van der Waals surface area contributed by atoms with Gasteiger partial charge in [0.1, 0.15) is 4.90 Å². The lowest BCUT2D eigenvalue weighted by atomic mass is 9.86. The van der Waals surface area contributed by atoms with E-state index in [9.17, 15) is 8.42 Å². The van der Waals surface area contributed by atoms with Crippen molar-refractivity contribution >= 4 is 10.0 Å². The summed E-state index contributed by atoms with van der Waals surface area (Å²) in [5, 5.41) is 3.84. The first-order valence-electron chi connectivity index (χ1n) is 5.06. The topological polar surface area (TPSA) is 64.0 Å². The van der Waals surface area contributed by atoms with E-state index in [-0.39, 0.29) is 4.90 Å². The zero-order chi connectivity index (χ0) is 10.9. The summed E-state index contributed by atoms with van der Waals surface area (Å²) < 4.78 is 27.5. The fraction of sp³-hybridized carbons (Fsp3) is 0.667. The standard InChI is InChI=1S/C9H15N3O2S/c1-12-7-9(6-10-12)15(13,14)11-5-8-3-2-4-8/h6-8,11H,2-5H2,1H3. The van der Waals surface area contributed by atoms with Crippen LogP contribution in [0.3, 0.4) is 0 Å². The first-order valence-corrected chi connectivity index (χ1v) is 6.54. The van der Waals surface area contributed by atoms with Crippen molar-refractivity contribution in [3.63, 3.8) is 0 Å². The molecular formula is C9H15N3O2S. The summed E-state index contributed by atoms with van der Waals surface area (Å²) in [5.41, 5.74) is 0. The number of nitrogens with zero attached hydrogens (tertiary/aromatic N) is 2. The summed E-state index contributed by atoms with van der Waals surface area (Å²) in [6, 6.07) is 0. The molecule has 0 saturated heterocycles. The molecule has 1 aliphatic rings. The van der Waals surface area contributed by atoms with E-state index in [1.165, 1.54) is 23.5 Å². The Hall–Kier alpha value is -0.880. The van der Waals surface area contributed by atoms with Crippen molar-refractivity contribution in [2.75, 3.05) is 6.54 Å². The normalized spacial score (nSPS) is 17.7. The molecule has 15 heavy (non-hydrogen) atoms. The van der Waals surface area contributed by atoms with E-state index in [2.05, 4.69) is 9.82 Å². The number of sulfonamides is 1. The predicted molar refractivity (Wildman–Crippen MR) is 55.7 cm³/mol. The van der Waals surface area contributed by atoms with Gasteiger partial charge in [-0.25, -0.2) is 13.1 Å². The van der Waals surface area contributed by atoms with Crippen LogP contribution in [-0.2, 0) is 17.1 Å². The van der Waals surface area contributed by atoms with Crippen LogP contribution in [0.5, 0.6) is 0 Å². The zero-order valence-electron chi connectivity index (χ0n) is 8.68. The molecule has 0 atom stereocenters. The molecule has 5 nitrogen and oxygen atoms in total. The molecule has 0 unspecified atom stereocenters. The monoisotopic (exact) mass is 229 g/mol. The van der Waals surface area contributed by atoms with Crippen molar-refractivity contribution in [2.24, 2.45) is 13.0 Å². The van der Waals surface area contributed by atoms with Crippen LogP contribution in [-0.4, -0.2) is 24.7 Å². The summed E-state index contributed by atoms with van der Waals surface area (Å²) in [4.78, 5) is 0.240. The molecule has 1 aromatic heterocycles. The molecule has 1 saturated carbocycles. The first-order chi connectivity index (χ1) is 7.08. The maximum absolute atomic E-state index is 11.7. The number of nitrogens with one attached hydrogen (secondary N) is 1. The number of aryl methyl sites for hydroxylation is 1. The van der Waals surface area contributed by atoms with Crippen molar-refractivity contribution < 1.29 is 8.42 Å². The van der Waals surface area contributed by atoms with Crippen LogP contribution in [0.4, 0.5) is 0 Å². The van der Waals surface area contributed by atoms with Crippen molar-refractivity contribution in [1.29, 1.82) is 0 Å². The molecule has 0 spiro atoms. The summed E-state index contributed by atoms with van der Waals surface area (Å²) in [7, 11) is -1.64. The molecule has 0 radical (unpaired) electrons. The summed E-state index contributed by atoms with van der Waals surface area (Å²) >= 11 is 0. The fourth-order valence-electron chi connectivity index (χ4n) is 1.55. The largest absolute Gasteiger partial charge is 0.274 e. The van der Waals surface area contributed by atoms with Crippen LogP contribution in [0.2, 0.25) is 0 Å². The summed E-state index contributed by atoms with van der Waals surface area (Å²) in [6.45, 7) is 0.553. The zero-order valence-corrected chi connectivity index (χ0v) is 9.50. The Bertz CT molecular complexity index is 434. The molecule has 1 aromatic rings. The lowest BCUT2D eigenvalue weighted by Crippen LogP contribution is -2.32. The van der Waals surface area contributed by atoms with E-state index in [4.69, 9.17) is 0 Å². The van der Waals surface area contributed by atoms with Crippen LogP contribution in [0, 0.1) is 5.92 Å². The molecule has 1 heterocycles. The maximum atomic E-state index is 11.7. The van der Waals surface area contributed by atoms with Crippen molar-refractivity contribution in [3.8, 4) is 0 Å².